The highest BCUT2D eigenvalue weighted by Gasteiger charge is 2.31. The lowest BCUT2D eigenvalue weighted by atomic mass is 9.99. The van der Waals surface area contributed by atoms with Gasteiger partial charge in [0.2, 0.25) is 15.9 Å². The molecule has 1 unspecified atom stereocenters. The molecule has 0 spiro atoms. The molecule has 24 heavy (non-hydrogen) atoms. The number of hydrogen-bond acceptors (Lipinski definition) is 3. The number of benzene rings is 1. The van der Waals surface area contributed by atoms with E-state index in [-0.39, 0.29) is 17.6 Å². The van der Waals surface area contributed by atoms with Crippen LogP contribution in [0.4, 0.5) is 0 Å². The lowest BCUT2D eigenvalue weighted by Crippen LogP contribution is -2.46. The first-order valence-electron chi connectivity index (χ1n) is 8.42. The first kappa shape index (κ1) is 19.2. The summed E-state index contributed by atoms with van der Waals surface area (Å²) < 4.78 is 25.3. The molecule has 1 aromatic rings. The summed E-state index contributed by atoms with van der Waals surface area (Å²) in [5.41, 5.74) is 1.19. The maximum absolute atomic E-state index is 12.3. The Morgan fingerprint density at radius 3 is 2.71 bits per heavy atom. The number of aryl methyl sites for hydroxylation is 1. The van der Waals surface area contributed by atoms with E-state index in [1.807, 2.05) is 24.3 Å². The minimum Gasteiger partial charge on any atom is -0.356 e. The monoisotopic (exact) mass is 372 g/mol. The van der Waals surface area contributed by atoms with Crippen molar-refractivity contribution < 1.29 is 13.2 Å². The van der Waals surface area contributed by atoms with Crippen LogP contribution in [-0.4, -0.2) is 44.0 Å². The number of halogens is 1. The Morgan fingerprint density at radius 2 is 2.04 bits per heavy atom. The molecule has 0 radical (unpaired) electrons. The molecule has 0 bridgehead atoms. The predicted molar refractivity (Wildman–Crippen MR) is 96.5 cm³/mol. The summed E-state index contributed by atoms with van der Waals surface area (Å²) >= 11 is 5.85. The van der Waals surface area contributed by atoms with Gasteiger partial charge in [-0.3, -0.25) is 4.79 Å². The third kappa shape index (κ3) is 5.46. The van der Waals surface area contributed by atoms with Crippen molar-refractivity contribution in [2.75, 3.05) is 25.4 Å². The largest absolute Gasteiger partial charge is 0.356 e. The van der Waals surface area contributed by atoms with Crippen LogP contribution in [0, 0.1) is 5.92 Å². The standard InChI is InChI=1S/C17H25ClN2O3S/c1-2-24(22,23)20-12-4-6-15(13-20)17(21)19-11-3-5-14-7-9-16(18)10-8-14/h7-10,15H,2-6,11-13H2,1H3,(H,19,21). The maximum atomic E-state index is 12.3. The van der Waals surface area contributed by atoms with E-state index in [0.29, 0.717) is 19.6 Å². The molecule has 7 heteroatoms. The molecule has 0 aliphatic carbocycles. The topological polar surface area (TPSA) is 66.5 Å². The van der Waals surface area contributed by atoms with Crippen LogP contribution in [-0.2, 0) is 21.2 Å². The van der Waals surface area contributed by atoms with Crippen molar-refractivity contribution in [1.29, 1.82) is 0 Å². The van der Waals surface area contributed by atoms with Gasteiger partial charge in [-0.1, -0.05) is 23.7 Å². The third-order valence-corrected chi connectivity index (χ3v) is 6.47. The first-order chi connectivity index (χ1) is 11.4. The second-order valence-electron chi connectivity index (χ2n) is 6.12. The summed E-state index contributed by atoms with van der Waals surface area (Å²) in [6, 6.07) is 7.69. The smallest absolute Gasteiger partial charge is 0.224 e. The second kappa shape index (κ2) is 8.83. The number of amides is 1. The maximum Gasteiger partial charge on any atom is 0.224 e. The van der Waals surface area contributed by atoms with Crippen LogP contribution >= 0.6 is 11.6 Å². The van der Waals surface area contributed by atoms with E-state index in [2.05, 4.69) is 5.32 Å². The second-order valence-corrected chi connectivity index (χ2v) is 8.81. The van der Waals surface area contributed by atoms with Crippen LogP contribution in [0.25, 0.3) is 0 Å². The molecule has 1 saturated heterocycles. The van der Waals surface area contributed by atoms with Crippen LogP contribution in [0.3, 0.4) is 0 Å². The fourth-order valence-corrected chi connectivity index (χ4v) is 4.20. The molecule has 1 fully saturated rings. The Hall–Kier alpha value is -1.11. The van der Waals surface area contributed by atoms with Crippen molar-refractivity contribution in [2.24, 2.45) is 5.92 Å². The van der Waals surface area contributed by atoms with Gasteiger partial charge in [0.15, 0.2) is 0 Å². The van der Waals surface area contributed by atoms with Crippen molar-refractivity contribution in [1.82, 2.24) is 9.62 Å². The minimum absolute atomic E-state index is 0.0397. The molecule has 1 atom stereocenters. The molecule has 5 nitrogen and oxygen atoms in total. The molecular weight excluding hydrogens is 348 g/mol. The zero-order valence-corrected chi connectivity index (χ0v) is 15.6. The van der Waals surface area contributed by atoms with Crippen molar-refractivity contribution in [2.45, 2.75) is 32.6 Å². The van der Waals surface area contributed by atoms with Crippen LogP contribution in [0.2, 0.25) is 5.02 Å². The zero-order chi connectivity index (χ0) is 17.6. The first-order valence-corrected chi connectivity index (χ1v) is 10.4. The van der Waals surface area contributed by atoms with E-state index in [1.165, 1.54) is 9.87 Å². The molecule has 2 rings (SSSR count). The van der Waals surface area contributed by atoms with Crippen molar-refractivity contribution in [3.63, 3.8) is 0 Å². The summed E-state index contributed by atoms with van der Waals surface area (Å²) in [4.78, 5) is 12.3. The lowest BCUT2D eigenvalue weighted by molar-refractivity contribution is -0.126. The summed E-state index contributed by atoms with van der Waals surface area (Å²) in [6.45, 7) is 3.06. The molecule has 1 heterocycles. The third-order valence-electron chi connectivity index (χ3n) is 4.37. The van der Waals surface area contributed by atoms with Gasteiger partial charge in [-0.2, -0.15) is 0 Å². The minimum atomic E-state index is -3.21. The molecule has 0 aromatic heterocycles. The van der Waals surface area contributed by atoms with Crippen LogP contribution in [0.5, 0.6) is 0 Å². The highest BCUT2D eigenvalue weighted by atomic mass is 35.5. The number of piperidine rings is 1. The van der Waals surface area contributed by atoms with Crippen LogP contribution < -0.4 is 5.32 Å². The van der Waals surface area contributed by atoms with Crippen LogP contribution in [0.1, 0.15) is 31.7 Å². The van der Waals surface area contributed by atoms with Crippen molar-refractivity contribution in [3.05, 3.63) is 34.9 Å². The van der Waals surface area contributed by atoms with Gasteiger partial charge in [-0.05, 0) is 50.3 Å². The fraction of sp³-hybridized carbons (Fsp3) is 0.588. The lowest BCUT2D eigenvalue weighted by Gasteiger charge is -2.30. The quantitative estimate of drug-likeness (QED) is 0.747. The Labute approximate surface area is 149 Å². The zero-order valence-electron chi connectivity index (χ0n) is 14.0. The molecule has 1 aromatic carbocycles. The number of rotatable bonds is 7. The Balaban J connectivity index is 1.75. The molecule has 1 N–H and O–H groups in total. The van der Waals surface area contributed by atoms with Gasteiger partial charge in [-0.25, -0.2) is 12.7 Å². The van der Waals surface area contributed by atoms with E-state index < -0.39 is 10.0 Å². The van der Waals surface area contributed by atoms with Crippen molar-refractivity contribution in [3.8, 4) is 0 Å². The summed E-state index contributed by atoms with van der Waals surface area (Å²) in [7, 11) is -3.21. The molecular formula is C17H25ClN2O3S. The average molecular weight is 373 g/mol. The molecule has 134 valence electrons. The Bertz CT molecular complexity index is 646. The van der Waals surface area contributed by atoms with Gasteiger partial charge < -0.3 is 5.32 Å². The number of hydrogen-bond donors (Lipinski definition) is 1. The number of nitrogens with one attached hydrogen (secondary N) is 1. The Kier molecular flexibility index (Phi) is 7.07. The molecule has 1 amide bonds. The SMILES string of the molecule is CCS(=O)(=O)N1CCCC(C(=O)NCCCc2ccc(Cl)cc2)C1. The summed E-state index contributed by atoms with van der Waals surface area (Å²) in [5.74, 6) is -0.194. The summed E-state index contributed by atoms with van der Waals surface area (Å²) in [6.07, 6.45) is 3.20. The van der Waals surface area contributed by atoms with E-state index in [4.69, 9.17) is 11.6 Å². The van der Waals surface area contributed by atoms with Gasteiger partial charge in [0.05, 0.1) is 11.7 Å². The average Bonchev–Trinajstić information content (AvgIpc) is 2.60. The Morgan fingerprint density at radius 1 is 1.33 bits per heavy atom. The number of carbonyl (C=O) groups is 1. The number of carbonyl (C=O) groups excluding carboxylic acids is 1. The van der Waals surface area contributed by atoms with Crippen LogP contribution in [0.15, 0.2) is 24.3 Å². The van der Waals surface area contributed by atoms with E-state index in [1.54, 1.807) is 6.92 Å². The number of sulfonamides is 1. The van der Waals surface area contributed by atoms with Gasteiger partial charge in [-0.15, -0.1) is 0 Å². The van der Waals surface area contributed by atoms with E-state index >= 15 is 0 Å². The van der Waals surface area contributed by atoms with Gasteiger partial charge >= 0.3 is 0 Å². The highest BCUT2D eigenvalue weighted by Crippen LogP contribution is 2.19. The molecule has 1 aliphatic heterocycles. The predicted octanol–water partition coefficient (Wildman–Crippen LogP) is 2.45. The summed E-state index contributed by atoms with van der Waals surface area (Å²) in [5, 5.41) is 3.66. The normalized spacial score (nSPS) is 19.2. The van der Waals surface area contributed by atoms with Gasteiger partial charge in [0, 0.05) is 24.7 Å². The molecule has 1 aliphatic rings. The number of nitrogens with zero attached hydrogens (tertiary/aromatic N) is 1. The highest BCUT2D eigenvalue weighted by molar-refractivity contribution is 7.89. The van der Waals surface area contributed by atoms with Gasteiger partial charge in [0.1, 0.15) is 0 Å². The van der Waals surface area contributed by atoms with Crippen molar-refractivity contribution >= 4 is 27.5 Å². The van der Waals surface area contributed by atoms with E-state index in [0.717, 1.165) is 30.7 Å². The van der Waals surface area contributed by atoms with Gasteiger partial charge in [0.25, 0.3) is 0 Å². The fourth-order valence-electron chi connectivity index (χ4n) is 2.89. The van der Waals surface area contributed by atoms with E-state index in [9.17, 15) is 13.2 Å². The molecule has 0 saturated carbocycles.